The first-order valence-corrected chi connectivity index (χ1v) is 8.33. The molecule has 0 aliphatic heterocycles. The summed E-state index contributed by atoms with van der Waals surface area (Å²) >= 11 is 0. The van der Waals surface area contributed by atoms with Gasteiger partial charge in [-0.1, -0.05) is 51.7 Å². The second-order valence-electron chi connectivity index (χ2n) is 6.54. The number of nitrogens with one attached hydrogen (secondary N) is 1. The number of rotatable bonds is 5. The van der Waals surface area contributed by atoms with Crippen molar-refractivity contribution in [3.8, 4) is 0 Å². The van der Waals surface area contributed by atoms with Gasteiger partial charge in [0.05, 0.1) is 5.69 Å². The lowest BCUT2D eigenvalue weighted by Gasteiger charge is -2.31. The highest BCUT2D eigenvalue weighted by atomic mass is 19.1. The first kappa shape index (κ1) is 16.3. The number of nitrogens with zero attached hydrogens (tertiary/aromatic N) is 1. The van der Waals surface area contributed by atoms with Gasteiger partial charge >= 0.3 is 0 Å². The predicted molar refractivity (Wildman–Crippen MR) is 88.3 cm³/mol. The molecule has 0 unspecified atom stereocenters. The fraction of sp³-hybridized carbons (Fsp3) is 0.667. The van der Waals surface area contributed by atoms with E-state index in [1.807, 2.05) is 12.1 Å². The second-order valence-corrected chi connectivity index (χ2v) is 6.54. The molecule has 0 saturated heterocycles. The minimum atomic E-state index is -0.0928. The lowest BCUT2D eigenvalue weighted by atomic mass is 10.0. The summed E-state index contributed by atoms with van der Waals surface area (Å²) in [5.74, 6) is -0.0928. The zero-order chi connectivity index (χ0) is 15.2. The molecule has 1 aromatic rings. The van der Waals surface area contributed by atoms with E-state index in [1.54, 1.807) is 6.07 Å². The lowest BCUT2D eigenvalue weighted by Crippen LogP contribution is -2.33. The van der Waals surface area contributed by atoms with E-state index < -0.39 is 0 Å². The van der Waals surface area contributed by atoms with Gasteiger partial charge in [-0.15, -0.1) is 0 Å². The van der Waals surface area contributed by atoms with Crippen LogP contribution in [-0.4, -0.2) is 19.1 Å². The maximum Gasteiger partial charge on any atom is 0.146 e. The van der Waals surface area contributed by atoms with Gasteiger partial charge in [0.15, 0.2) is 0 Å². The Balaban J connectivity index is 2.19. The Morgan fingerprint density at radius 3 is 2.48 bits per heavy atom. The Morgan fingerprint density at radius 2 is 1.86 bits per heavy atom. The standard InChI is InChI=1S/C18H29FN2/c1-14(2)20-13-15-9-8-12-17(19)18(15)21(3)16-10-6-4-5-7-11-16/h8-9,12,14,16,20H,4-7,10-11,13H2,1-3H3. The van der Waals surface area contributed by atoms with Crippen molar-refractivity contribution in [3.63, 3.8) is 0 Å². The molecule has 21 heavy (non-hydrogen) atoms. The summed E-state index contributed by atoms with van der Waals surface area (Å²) in [6.45, 7) is 4.96. The Morgan fingerprint density at radius 1 is 1.19 bits per heavy atom. The van der Waals surface area contributed by atoms with Crippen LogP contribution in [0.1, 0.15) is 57.9 Å². The van der Waals surface area contributed by atoms with Crippen LogP contribution in [0.15, 0.2) is 18.2 Å². The molecule has 2 nitrogen and oxygen atoms in total. The molecule has 0 amide bonds. The molecule has 0 bridgehead atoms. The number of benzene rings is 1. The molecule has 1 aromatic carbocycles. The van der Waals surface area contributed by atoms with Crippen LogP contribution >= 0.6 is 0 Å². The maximum atomic E-state index is 14.4. The highest BCUT2D eigenvalue weighted by Crippen LogP contribution is 2.30. The summed E-state index contributed by atoms with van der Waals surface area (Å²) in [6.07, 6.45) is 7.54. The van der Waals surface area contributed by atoms with Crippen molar-refractivity contribution in [2.24, 2.45) is 0 Å². The Kier molecular flexibility index (Phi) is 6.04. The van der Waals surface area contributed by atoms with Gasteiger partial charge in [-0.05, 0) is 24.5 Å². The summed E-state index contributed by atoms with van der Waals surface area (Å²) < 4.78 is 14.4. The molecule has 2 rings (SSSR count). The number of para-hydroxylation sites is 1. The number of hydrogen-bond acceptors (Lipinski definition) is 2. The summed E-state index contributed by atoms with van der Waals surface area (Å²) in [5, 5.41) is 3.41. The summed E-state index contributed by atoms with van der Waals surface area (Å²) in [5.41, 5.74) is 1.85. The molecule has 0 heterocycles. The average molecular weight is 292 g/mol. The smallest absolute Gasteiger partial charge is 0.146 e. The van der Waals surface area contributed by atoms with Crippen LogP contribution < -0.4 is 10.2 Å². The number of anilines is 1. The van der Waals surface area contributed by atoms with Crippen molar-refractivity contribution >= 4 is 5.69 Å². The molecule has 118 valence electrons. The first-order valence-electron chi connectivity index (χ1n) is 8.33. The molecule has 0 radical (unpaired) electrons. The molecular weight excluding hydrogens is 263 g/mol. The van der Waals surface area contributed by atoms with Crippen LogP contribution in [0.5, 0.6) is 0 Å². The Hall–Kier alpha value is -1.09. The molecular formula is C18H29FN2. The van der Waals surface area contributed by atoms with Gasteiger partial charge < -0.3 is 10.2 Å². The SMILES string of the molecule is CC(C)NCc1cccc(F)c1N(C)C1CCCCCC1. The zero-order valence-corrected chi connectivity index (χ0v) is 13.7. The maximum absolute atomic E-state index is 14.4. The van der Waals surface area contributed by atoms with Crippen LogP contribution in [0.25, 0.3) is 0 Å². The lowest BCUT2D eigenvalue weighted by molar-refractivity contribution is 0.530. The van der Waals surface area contributed by atoms with E-state index in [0.29, 0.717) is 12.1 Å². The predicted octanol–water partition coefficient (Wildman–Crippen LogP) is 4.48. The summed E-state index contributed by atoms with van der Waals surface area (Å²) in [7, 11) is 2.06. The molecule has 0 spiro atoms. The van der Waals surface area contributed by atoms with Gasteiger partial charge in [-0.3, -0.25) is 0 Å². The molecule has 1 aliphatic carbocycles. The molecule has 1 fully saturated rings. The molecule has 1 aliphatic rings. The van der Waals surface area contributed by atoms with Crippen molar-refractivity contribution in [1.29, 1.82) is 0 Å². The van der Waals surface area contributed by atoms with E-state index in [4.69, 9.17) is 0 Å². The minimum absolute atomic E-state index is 0.0928. The molecule has 0 atom stereocenters. The Bertz CT molecular complexity index is 437. The second kappa shape index (κ2) is 7.79. The fourth-order valence-corrected chi connectivity index (χ4v) is 3.24. The average Bonchev–Trinajstić information content (AvgIpc) is 2.73. The van der Waals surface area contributed by atoms with E-state index >= 15 is 0 Å². The van der Waals surface area contributed by atoms with E-state index in [1.165, 1.54) is 38.5 Å². The van der Waals surface area contributed by atoms with E-state index in [0.717, 1.165) is 17.8 Å². The Labute approximate surface area is 128 Å². The highest BCUT2D eigenvalue weighted by molar-refractivity contribution is 5.55. The van der Waals surface area contributed by atoms with Gasteiger partial charge in [0, 0.05) is 25.7 Å². The van der Waals surface area contributed by atoms with Crippen molar-refractivity contribution in [3.05, 3.63) is 29.6 Å². The van der Waals surface area contributed by atoms with Crippen LogP contribution in [0.3, 0.4) is 0 Å². The highest BCUT2D eigenvalue weighted by Gasteiger charge is 2.21. The van der Waals surface area contributed by atoms with Crippen molar-refractivity contribution < 1.29 is 4.39 Å². The van der Waals surface area contributed by atoms with Gasteiger partial charge in [0.1, 0.15) is 5.82 Å². The van der Waals surface area contributed by atoms with E-state index in [-0.39, 0.29) is 5.82 Å². The first-order chi connectivity index (χ1) is 10.1. The quantitative estimate of drug-likeness (QED) is 0.805. The molecule has 1 N–H and O–H groups in total. The zero-order valence-electron chi connectivity index (χ0n) is 13.7. The van der Waals surface area contributed by atoms with Crippen LogP contribution in [-0.2, 0) is 6.54 Å². The molecule has 0 aromatic heterocycles. The summed E-state index contributed by atoms with van der Waals surface area (Å²) in [4.78, 5) is 2.19. The monoisotopic (exact) mass is 292 g/mol. The fourth-order valence-electron chi connectivity index (χ4n) is 3.24. The van der Waals surface area contributed by atoms with Gasteiger partial charge in [-0.25, -0.2) is 4.39 Å². The van der Waals surface area contributed by atoms with Gasteiger partial charge in [0.2, 0.25) is 0 Å². The summed E-state index contributed by atoms with van der Waals surface area (Å²) in [6, 6.07) is 6.32. The third-order valence-corrected chi connectivity index (χ3v) is 4.50. The topological polar surface area (TPSA) is 15.3 Å². The van der Waals surface area contributed by atoms with E-state index in [9.17, 15) is 4.39 Å². The van der Waals surface area contributed by atoms with Gasteiger partial charge in [0.25, 0.3) is 0 Å². The molecule has 1 saturated carbocycles. The molecule has 3 heteroatoms. The van der Waals surface area contributed by atoms with Crippen molar-refractivity contribution in [1.82, 2.24) is 5.32 Å². The van der Waals surface area contributed by atoms with Crippen LogP contribution in [0, 0.1) is 5.82 Å². The number of hydrogen-bond donors (Lipinski definition) is 1. The van der Waals surface area contributed by atoms with Crippen molar-refractivity contribution in [2.45, 2.75) is 71.0 Å². The van der Waals surface area contributed by atoms with Gasteiger partial charge in [-0.2, -0.15) is 0 Å². The third-order valence-electron chi connectivity index (χ3n) is 4.50. The normalized spacial score (nSPS) is 17.0. The van der Waals surface area contributed by atoms with Crippen LogP contribution in [0.2, 0.25) is 0 Å². The number of halogens is 1. The van der Waals surface area contributed by atoms with Crippen LogP contribution in [0.4, 0.5) is 10.1 Å². The van der Waals surface area contributed by atoms with E-state index in [2.05, 4.69) is 31.1 Å². The van der Waals surface area contributed by atoms with Crippen molar-refractivity contribution in [2.75, 3.05) is 11.9 Å². The largest absolute Gasteiger partial charge is 0.369 e. The minimum Gasteiger partial charge on any atom is -0.369 e. The third kappa shape index (κ3) is 4.44.